The van der Waals surface area contributed by atoms with Gasteiger partial charge in [-0.2, -0.15) is 4.98 Å². The van der Waals surface area contributed by atoms with Crippen molar-refractivity contribution in [3.63, 3.8) is 0 Å². The standard InChI is InChI=1S/C23H28N8O/c1-28-11-13-29(14-12-28)17-7-5-16(6-8-17)26-22-25-15-19-20(27-22)30-10-9-24-23(30)31(21(19)32)18-3-2-4-18/h5-8,15,18H,2-4,9-14H2,1H3,(H,25,26,27). The number of hydrogen-bond donors (Lipinski definition) is 1. The van der Waals surface area contributed by atoms with Gasteiger partial charge in [0.25, 0.3) is 5.91 Å². The van der Waals surface area contributed by atoms with Crippen LogP contribution in [0.5, 0.6) is 0 Å². The highest BCUT2D eigenvalue weighted by Crippen LogP contribution is 2.35. The van der Waals surface area contributed by atoms with Gasteiger partial charge in [0.2, 0.25) is 11.9 Å². The van der Waals surface area contributed by atoms with Gasteiger partial charge >= 0.3 is 0 Å². The minimum absolute atomic E-state index is 0.0234. The van der Waals surface area contributed by atoms with Crippen LogP contribution in [0, 0.1) is 0 Å². The first-order valence-corrected chi connectivity index (χ1v) is 11.5. The van der Waals surface area contributed by atoms with Crippen LogP contribution in [0.25, 0.3) is 0 Å². The van der Waals surface area contributed by atoms with Crippen molar-refractivity contribution in [2.45, 2.75) is 25.3 Å². The largest absolute Gasteiger partial charge is 0.369 e. The number of aromatic nitrogens is 2. The van der Waals surface area contributed by atoms with Crippen LogP contribution in [0.2, 0.25) is 0 Å². The van der Waals surface area contributed by atoms with Crippen LogP contribution in [0.15, 0.2) is 35.5 Å². The normalized spacial score (nSPS) is 21.2. The Labute approximate surface area is 187 Å². The number of carbonyl (C=O) groups excluding carboxylic acids is 1. The number of fused-ring (bicyclic) bond motifs is 3. The molecule has 0 bridgehead atoms. The van der Waals surface area contributed by atoms with E-state index >= 15 is 0 Å². The number of aliphatic imine (C=N–C) groups is 1. The first-order chi connectivity index (χ1) is 15.7. The molecular formula is C23H28N8O. The summed E-state index contributed by atoms with van der Waals surface area (Å²) in [7, 11) is 2.17. The molecule has 0 radical (unpaired) electrons. The molecule has 1 aromatic heterocycles. The molecule has 2 fully saturated rings. The van der Waals surface area contributed by atoms with E-state index < -0.39 is 0 Å². The van der Waals surface area contributed by atoms with E-state index in [2.05, 4.69) is 61.3 Å². The number of likely N-dealkylation sites (N-methyl/N-ethyl adjacent to an activating group) is 1. The molecular weight excluding hydrogens is 404 g/mol. The molecule has 32 heavy (non-hydrogen) atoms. The lowest BCUT2D eigenvalue weighted by atomic mass is 9.90. The number of piperazine rings is 1. The van der Waals surface area contributed by atoms with Crippen molar-refractivity contribution < 1.29 is 4.79 Å². The minimum Gasteiger partial charge on any atom is -0.369 e. The maximum absolute atomic E-state index is 13.2. The fraction of sp³-hybridized carbons (Fsp3) is 0.478. The number of benzene rings is 1. The summed E-state index contributed by atoms with van der Waals surface area (Å²) in [6.07, 6.45) is 4.91. The fourth-order valence-electron chi connectivity index (χ4n) is 4.78. The quantitative estimate of drug-likeness (QED) is 0.793. The highest BCUT2D eigenvalue weighted by atomic mass is 16.2. The summed E-state index contributed by atoms with van der Waals surface area (Å²) in [6.45, 7) is 5.69. The zero-order valence-electron chi connectivity index (χ0n) is 18.4. The molecule has 4 aliphatic rings. The Balaban J connectivity index is 1.22. The topological polar surface area (TPSA) is 80.2 Å². The Hall–Kier alpha value is -3.20. The van der Waals surface area contributed by atoms with Gasteiger partial charge in [-0.3, -0.25) is 19.6 Å². The molecule has 9 heteroatoms. The third kappa shape index (κ3) is 3.28. The van der Waals surface area contributed by atoms with Crippen molar-refractivity contribution in [2.75, 3.05) is 61.4 Å². The van der Waals surface area contributed by atoms with Gasteiger partial charge in [-0.15, -0.1) is 0 Å². The minimum atomic E-state index is -0.0234. The number of hydrogen-bond acceptors (Lipinski definition) is 8. The zero-order chi connectivity index (χ0) is 21.7. The monoisotopic (exact) mass is 432 g/mol. The van der Waals surface area contributed by atoms with Gasteiger partial charge in [0, 0.05) is 56.3 Å². The Morgan fingerprint density at radius 2 is 1.81 bits per heavy atom. The highest BCUT2D eigenvalue weighted by molar-refractivity contribution is 6.18. The van der Waals surface area contributed by atoms with Crippen LogP contribution in [0.1, 0.15) is 29.6 Å². The third-order valence-electron chi connectivity index (χ3n) is 6.94. The lowest BCUT2D eigenvalue weighted by Gasteiger charge is -2.42. The van der Waals surface area contributed by atoms with Crippen LogP contribution in [-0.4, -0.2) is 84.0 Å². The predicted molar refractivity (Wildman–Crippen MR) is 125 cm³/mol. The summed E-state index contributed by atoms with van der Waals surface area (Å²) in [5.41, 5.74) is 2.72. The first-order valence-electron chi connectivity index (χ1n) is 11.5. The molecule has 0 unspecified atom stereocenters. The van der Waals surface area contributed by atoms with E-state index in [1.807, 2.05) is 4.90 Å². The second-order valence-corrected chi connectivity index (χ2v) is 8.99. The number of carbonyl (C=O) groups is 1. The molecule has 4 heterocycles. The second-order valence-electron chi connectivity index (χ2n) is 8.99. The molecule has 6 rings (SSSR count). The van der Waals surface area contributed by atoms with Crippen molar-refractivity contribution in [3.05, 3.63) is 36.0 Å². The van der Waals surface area contributed by atoms with Crippen molar-refractivity contribution in [3.8, 4) is 0 Å². The Morgan fingerprint density at radius 3 is 2.53 bits per heavy atom. The molecule has 0 atom stereocenters. The van der Waals surface area contributed by atoms with Gasteiger partial charge in [-0.1, -0.05) is 0 Å². The van der Waals surface area contributed by atoms with E-state index in [4.69, 9.17) is 4.98 Å². The summed E-state index contributed by atoms with van der Waals surface area (Å²) in [4.78, 5) is 35.7. The molecule has 1 N–H and O–H groups in total. The third-order valence-corrected chi connectivity index (χ3v) is 6.94. The van der Waals surface area contributed by atoms with E-state index in [1.165, 1.54) is 12.1 Å². The fourth-order valence-corrected chi connectivity index (χ4v) is 4.78. The molecule has 1 aliphatic carbocycles. The zero-order valence-corrected chi connectivity index (χ0v) is 18.4. The van der Waals surface area contributed by atoms with Crippen LogP contribution in [-0.2, 0) is 0 Å². The van der Waals surface area contributed by atoms with Gasteiger partial charge in [0.05, 0.1) is 6.54 Å². The number of nitrogens with one attached hydrogen (secondary N) is 1. The predicted octanol–water partition coefficient (Wildman–Crippen LogP) is 2.16. The number of nitrogens with zero attached hydrogens (tertiary/aromatic N) is 7. The van der Waals surface area contributed by atoms with Gasteiger partial charge in [-0.05, 0) is 50.6 Å². The van der Waals surface area contributed by atoms with E-state index in [1.54, 1.807) is 6.20 Å². The summed E-state index contributed by atoms with van der Waals surface area (Å²) in [6, 6.07) is 8.65. The Kier molecular flexibility index (Phi) is 4.71. The van der Waals surface area contributed by atoms with Gasteiger partial charge < -0.3 is 15.1 Å². The lowest BCUT2D eigenvalue weighted by Crippen LogP contribution is -2.56. The lowest BCUT2D eigenvalue weighted by molar-refractivity contribution is 0.0734. The first kappa shape index (κ1) is 19.5. The summed E-state index contributed by atoms with van der Waals surface area (Å²) in [5.74, 6) is 1.89. The van der Waals surface area contributed by atoms with Crippen LogP contribution >= 0.6 is 0 Å². The van der Waals surface area contributed by atoms with E-state index in [9.17, 15) is 4.79 Å². The molecule has 0 spiro atoms. The highest BCUT2D eigenvalue weighted by Gasteiger charge is 2.43. The molecule has 1 amide bonds. The molecule has 166 valence electrons. The maximum Gasteiger partial charge on any atom is 0.266 e. The smallest absolute Gasteiger partial charge is 0.266 e. The molecule has 1 saturated heterocycles. The average Bonchev–Trinajstić information content (AvgIpc) is 3.26. The van der Waals surface area contributed by atoms with E-state index in [0.29, 0.717) is 23.9 Å². The number of guanidine groups is 1. The van der Waals surface area contributed by atoms with E-state index in [0.717, 1.165) is 57.2 Å². The van der Waals surface area contributed by atoms with Gasteiger partial charge in [0.15, 0.2) is 5.82 Å². The molecule has 1 aromatic carbocycles. The van der Waals surface area contributed by atoms with Crippen LogP contribution in [0.4, 0.5) is 23.1 Å². The van der Waals surface area contributed by atoms with Crippen molar-refractivity contribution in [1.82, 2.24) is 19.8 Å². The summed E-state index contributed by atoms with van der Waals surface area (Å²) >= 11 is 0. The number of rotatable bonds is 4. The van der Waals surface area contributed by atoms with Crippen molar-refractivity contribution in [1.29, 1.82) is 0 Å². The number of amides is 1. The van der Waals surface area contributed by atoms with E-state index in [-0.39, 0.29) is 11.9 Å². The van der Waals surface area contributed by atoms with Crippen molar-refractivity contribution in [2.24, 2.45) is 4.99 Å². The Bertz CT molecular complexity index is 1060. The summed E-state index contributed by atoms with van der Waals surface area (Å²) < 4.78 is 0. The molecule has 2 aromatic rings. The maximum atomic E-state index is 13.2. The second kappa shape index (κ2) is 7.74. The van der Waals surface area contributed by atoms with Crippen LogP contribution in [0.3, 0.4) is 0 Å². The average molecular weight is 433 g/mol. The van der Waals surface area contributed by atoms with Crippen LogP contribution < -0.4 is 15.1 Å². The summed E-state index contributed by atoms with van der Waals surface area (Å²) in [5, 5.41) is 3.30. The SMILES string of the molecule is CN1CCN(c2ccc(Nc3ncc4c(n3)N3CCN=C3N(C3CCC3)C4=O)cc2)CC1. The van der Waals surface area contributed by atoms with Gasteiger partial charge in [-0.25, -0.2) is 4.98 Å². The van der Waals surface area contributed by atoms with Crippen molar-refractivity contribution >= 4 is 35.0 Å². The molecule has 1 saturated carbocycles. The number of anilines is 4. The Morgan fingerprint density at radius 1 is 1.03 bits per heavy atom. The molecule has 3 aliphatic heterocycles. The van der Waals surface area contributed by atoms with Gasteiger partial charge in [0.1, 0.15) is 5.56 Å². The molecule has 9 nitrogen and oxygen atoms in total.